The number of carbonyl (C=O) groups excluding carboxylic acids is 1. The zero-order valence-electron chi connectivity index (χ0n) is 11.8. The zero-order valence-corrected chi connectivity index (χ0v) is 13.4. The molecular weight excluding hydrogens is 329 g/mol. The van der Waals surface area contributed by atoms with Gasteiger partial charge in [0.05, 0.1) is 6.54 Å². The molecule has 0 radical (unpaired) electrons. The van der Waals surface area contributed by atoms with Crippen molar-refractivity contribution in [3.8, 4) is 5.75 Å². The van der Waals surface area contributed by atoms with Gasteiger partial charge in [0.15, 0.2) is 0 Å². The Bertz CT molecular complexity index is 460. The first-order valence-corrected chi connectivity index (χ1v) is 7.37. The second-order valence-electron chi connectivity index (χ2n) is 5.21. The van der Waals surface area contributed by atoms with Crippen molar-refractivity contribution in [2.24, 2.45) is 0 Å². The second kappa shape index (κ2) is 7.47. The molecule has 0 heterocycles. The second-order valence-corrected chi connectivity index (χ2v) is 5.77. The minimum atomic E-state index is -0.529. The van der Waals surface area contributed by atoms with E-state index < -0.39 is 11.7 Å². The third-order valence-corrected chi connectivity index (χ3v) is 2.77. The molecule has 0 aromatic heterocycles. The molecule has 0 aliphatic carbocycles. The van der Waals surface area contributed by atoms with E-state index in [9.17, 15) is 9.18 Å². The molecule has 6 heteroatoms. The third-order valence-electron chi connectivity index (χ3n) is 2.12. The van der Waals surface area contributed by atoms with Crippen LogP contribution in [0.4, 0.5) is 9.18 Å². The predicted molar refractivity (Wildman–Crippen MR) is 78.8 cm³/mol. The molecule has 0 aliphatic heterocycles. The number of carbonyl (C=O) groups is 1. The maximum atomic E-state index is 13.2. The Morgan fingerprint density at radius 1 is 1.35 bits per heavy atom. The minimum Gasteiger partial charge on any atom is -0.492 e. The smallest absolute Gasteiger partial charge is 0.407 e. The van der Waals surface area contributed by atoms with E-state index in [4.69, 9.17) is 9.47 Å². The number of amides is 1. The predicted octanol–water partition coefficient (Wildman–Crippen LogP) is 3.62. The average molecular weight is 348 g/mol. The minimum absolute atomic E-state index is 0.240. The van der Waals surface area contributed by atoms with Crippen molar-refractivity contribution in [3.05, 3.63) is 29.6 Å². The standard InChI is InChI=1S/C14H19BrFNO3/c1-14(2,3)20-13(18)17-4-5-19-12-7-10(9-15)6-11(16)8-12/h6-8H,4-5,9H2,1-3H3,(H,17,18). The van der Waals surface area contributed by atoms with Gasteiger partial charge in [-0.25, -0.2) is 9.18 Å². The van der Waals surface area contributed by atoms with Crippen LogP contribution < -0.4 is 10.1 Å². The van der Waals surface area contributed by atoms with Crippen molar-refractivity contribution >= 4 is 22.0 Å². The van der Waals surface area contributed by atoms with Gasteiger partial charge in [0.2, 0.25) is 0 Å². The topological polar surface area (TPSA) is 47.6 Å². The number of alkyl halides is 1. The molecule has 1 aromatic rings. The normalized spacial score (nSPS) is 11.1. The van der Waals surface area contributed by atoms with Gasteiger partial charge in [0.25, 0.3) is 0 Å². The van der Waals surface area contributed by atoms with Crippen LogP contribution in [0.5, 0.6) is 5.75 Å². The van der Waals surface area contributed by atoms with Crippen LogP contribution >= 0.6 is 15.9 Å². The van der Waals surface area contributed by atoms with Crippen LogP contribution in [-0.2, 0) is 10.1 Å². The molecule has 1 amide bonds. The summed E-state index contributed by atoms with van der Waals surface area (Å²) in [6.45, 7) is 5.90. The summed E-state index contributed by atoms with van der Waals surface area (Å²) in [5.41, 5.74) is 0.262. The van der Waals surface area contributed by atoms with Crippen LogP contribution in [0, 0.1) is 5.82 Å². The van der Waals surface area contributed by atoms with Crippen molar-refractivity contribution in [2.75, 3.05) is 13.2 Å². The van der Waals surface area contributed by atoms with Crippen LogP contribution in [0.3, 0.4) is 0 Å². The molecule has 0 aliphatic rings. The Balaban J connectivity index is 2.34. The number of halogens is 2. The number of alkyl carbamates (subject to hydrolysis) is 1. The molecular formula is C14H19BrFNO3. The molecule has 1 rings (SSSR count). The van der Waals surface area contributed by atoms with Crippen molar-refractivity contribution in [3.63, 3.8) is 0 Å². The molecule has 1 aromatic carbocycles. The van der Waals surface area contributed by atoms with Gasteiger partial charge in [0.1, 0.15) is 23.8 Å². The van der Waals surface area contributed by atoms with E-state index in [-0.39, 0.29) is 19.0 Å². The molecule has 0 unspecified atom stereocenters. The van der Waals surface area contributed by atoms with E-state index in [1.807, 2.05) is 0 Å². The van der Waals surface area contributed by atoms with Crippen molar-refractivity contribution < 1.29 is 18.7 Å². The van der Waals surface area contributed by atoms with Crippen LogP contribution in [0.25, 0.3) is 0 Å². The number of ether oxygens (including phenoxy) is 2. The molecule has 0 atom stereocenters. The fourth-order valence-electron chi connectivity index (χ4n) is 1.42. The van der Waals surface area contributed by atoms with Gasteiger partial charge in [-0.15, -0.1) is 0 Å². The van der Waals surface area contributed by atoms with E-state index in [0.29, 0.717) is 11.1 Å². The first-order chi connectivity index (χ1) is 9.30. The number of hydrogen-bond donors (Lipinski definition) is 1. The lowest BCUT2D eigenvalue weighted by Gasteiger charge is -2.19. The lowest BCUT2D eigenvalue weighted by atomic mass is 10.2. The van der Waals surface area contributed by atoms with E-state index in [1.54, 1.807) is 26.8 Å². The van der Waals surface area contributed by atoms with Gasteiger partial charge in [0, 0.05) is 11.4 Å². The fourth-order valence-corrected chi connectivity index (χ4v) is 1.74. The number of nitrogens with one attached hydrogen (secondary N) is 1. The summed E-state index contributed by atoms with van der Waals surface area (Å²) >= 11 is 3.26. The summed E-state index contributed by atoms with van der Waals surface area (Å²) in [6, 6.07) is 4.48. The number of rotatable bonds is 5. The molecule has 0 fully saturated rings. The van der Waals surface area contributed by atoms with Gasteiger partial charge in [-0.1, -0.05) is 15.9 Å². The maximum Gasteiger partial charge on any atom is 0.407 e. The highest BCUT2D eigenvalue weighted by Gasteiger charge is 2.15. The molecule has 0 saturated heterocycles. The summed E-state index contributed by atoms with van der Waals surface area (Å²) in [4.78, 5) is 11.4. The zero-order chi connectivity index (χ0) is 15.2. The van der Waals surface area contributed by atoms with Gasteiger partial charge in [-0.2, -0.15) is 0 Å². The molecule has 0 bridgehead atoms. The Kier molecular flexibility index (Phi) is 6.26. The SMILES string of the molecule is CC(C)(C)OC(=O)NCCOc1cc(F)cc(CBr)c1. The maximum absolute atomic E-state index is 13.2. The van der Waals surface area contributed by atoms with Gasteiger partial charge in [-0.3, -0.25) is 0 Å². The molecule has 0 spiro atoms. The summed E-state index contributed by atoms with van der Waals surface area (Å²) < 4.78 is 23.7. The first-order valence-electron chi connectivity index (χ1n) is 6.25. The quantitative estimate of drug-likeness (QED) is 0.653. The summed E-state index contributed by atoms with van der Waals surface area (Å²) in [5.74, 6) is 0.0856. The fraction of sp³-hybridized carbons (Fsp3) is 0.500. The molecule has 1 N–H and O–H groups in total. The largest absolute Gasteiger partial charge is 0.492 e. The van der Waals surface area contributed by atoms with Crippen LogP contribution in [-0.4, -0.2) is 24.8 Å². The highest BCUT2D eigenvalue weighted by atomic mass is 79.9. The Labute approximate surface area is 126 Å². The van der Waals surface area contributed by atoms with Crippen LogP contribution in [0.2, 0.25) is 0 Å². The lowest BCUT2D eigenvalue weighted by Crippen LogP contribution is -2.34. The number of benzene rings is 1. The molecule has 20 heavy (non-hydrogen) atoms. The monoisotopic (exact) mass is 347 g/mol. The number of hydrogen-bond acceptors (Lipinski definition) is 3. The third kappa shape index (κ3) is 6.75. The first kappa shape index (κ1) is 16.8. The average Bonchev–Trinajstić information content (AvgIpc) is 2.32. The Morgan fingerprint density at radius 2 is 2.05 bits per heavy atom. The summed E-state index contributed by atoms with van der Waals surface area (Å²) in [5, 5.41) is 3.12. The van der Waals surface area contributed by atoms with Gasteiger partial charge >= 0.3 is 6.09 Å². The molecule has 4 nitrogen and oxygen atoms in total. The van der Waals surface area contributed by atoms with Crippen molar-refractivity contribution in [1.82, 2.24) is 5.32 Å². The van der Waals surface area contributed by atoms with E-state index >= 15 is 0 Å². The molecule has 112 valence electrons. The van der Waals surface area contributed by atoms with Gasteiger partial charge in [-0.05, 0) is 38.5 Å². The van der Waals surface area contributed by atoms with Crippen molar-refractivity contribution in [1.29, 1.82) is 0 Å². The Hall–Kier alpha value is -1.30. The van der Waals surface area contributed by atoms with Gasteiger partial charge < -0.3 is 14.8 Å². The van der Waals surface area contributed by atoms with Crippen molar-refractivity contribution in [2.45, 2.75) is 31.7 Å². The van der Waals surface area contributed by atoms with E-state index in [2.05, 4.69) is 21.2 Å². The Morgan fingerprint density at radius 3 is 2.65 bits per heavy atom. The summed E-state index contributed by atoms with van der Waals surface area (Å²) in [7, 11) is 0. The van der Waals surface area contributed by atoms with Crippen LogP contribution in [0.1, 0.15) is 26.3 Å². The van der Waals surface area contributed by atoms with E-state index in [1.165, 1.54) is 12.1 Å². The lowest BCUT2D eigenvalue weighted by molar-refractivity contribution is 0.0520. The van der Waals surface area contributed by atoms with E-state index in [0.717, 1.165) is 5.56 Å². The molecule has 0 saturated carbocycles. The summed E-state index contributed by atoms with van der Waals surface area (Å²) in [6.07, 6.45) is -0.499. The highest BCUT2D eigenvalue weighted by Crippen LogP contribution is 2.18. The highest BCUT2D eigenvalue weighted by molar-refractivity contribution is 9.08. The van der Waals surface area contributed by atoms with Crippen LogP contribution in [0.15, 0.2) is 18.2 Å².